The van der Waals surface area contributed by atoms with Gasteiger partial charge in [-0.25, -0.2) is 4.79 Å². The van der Waals surface area contributed by atoms with Gasteiger partial charge in [-0.1, -0.05) is 38.3 Å². The van der Waals surface area contributed by atoms with Crippen LogP contribution in [0.4, 0.5) is 4.79 Å². The van der Waals surface area contributed by atoms with E-state index in [-0.39, 0.29) is 12.5 Å². The van der Waals surface area contributed by atoms with Crippen LogP contribution in [0.15, 0.2) is 24.3 Å². The molecule has 1 aliphatic rings. The first-order valence-corrected chi connectivity index (χ1v) is 8.97. The third-order valence-corrected chi connectivity index (χ3v) is 4.60. The van der Waals surface area contributed by atoms with Crippen LogP contribution in [0.2, 0.25) is 0 Å². The van der Waals surface area contributed by atoms with Crippen molar-refractivity contribution in [1.82, 2.24) is 15.5 Å². The van der Waals surface area contributed by atoms with Crippen molar-refractivity contribution in [2.24, 2.45) is 0 Å². The molecule has 1 fully saturated rings. The monoisotopic (exact) mass is 361 g/mol. The molecule has 0 bridgehead atoms. The molecule has 1 aromatic rings. The Kier molecular flexibility index (Phi) is 6.60. The molecule has 2 N–H and O–H groups in total. The first-order chi connectivity index (χ1) is 12.4. The maximum atomic E-state index is 12.8. The molecular weight excluding hydrogens is 334 g/mol. The van der Waals surface area contributed by atoms with Crippen LogP contribution in [0, 0.1) is 0 Å². The van der Waals surface area contributed by atoms with Gasteiger partial charge in [0.05, 0.1) is 7.11 Å². The third kappa shape index (κ3) is 4.33. The molecule has 0 aliphatic carbocycles. The van der Waals surface area contributed by atoms with Gasteiger partial charge in [-0.3, -0.25) is 14.5 Å². The molecule has 7 nitrogen and oxygen atoms in total. The molecule has 2 rings (SSSR count). The predicted octanol–water partition coefficient (Wildman–Crippen LogP) is 2.16. The fraction of sp³-hybridized carbons (Fsp3) is 0.526. The molecule has 1 atom stereocenters. The number of methoxy groups -OCH3 is 1. The van der Waals surface area contributed by atoms with Crippen LogP contribution in [0.5, 0.6) is 5.75 Å². The van der Waals surface area contributed by atoms with E-state index in [9.17, 15) is 14.4 Å². The van der Waals surface area contributed by atoms with E-state index in [0.717, 1.165) is 30.6 Å². The highest BCUT2D eigenvalue weighted by molar-refractivity contribution is 6.09. The number of hydrogen-bond donors (Lipinski definition) is 2. The zero-order valence-corrected chi connectivity index (χ0v) is 15.6. The summed E-state index contributed by atoms with van der Waals surface area (Å²) >= 11 is 0. The highest BCUT2D eigenvalue weighted by Gasteiger charge is 2.49. The summed E-state index contributed by atoms with van der Waals surface area (Å²) in [6.45, 7) is 4.04. The SMILES string of the molecule is CCCCCCNC(=O)CN1C(=O)N[C@@](C)(c2ccc(OC)cc2)C1=O. The van der Waals surface area contributed by atoms with Gasteiger partial charge in [0.2, 0.25) is 5.91 Å². The second-order valence-electron chi connectivity index (χ2n) is 6.59. The summed E-state index contributed by atoms with van der Waals surface area (Å²) in [5, 5.41) is 5.45. The molecule has 4 amide bonds. The largest absolute Gasteiger partial charge is 0.497 e. The summed E-state index contributed by atoms with van der Waals surface area (Å²) in [6, 6.07) is 6.36. The quantitative estimate of drug-likeness (QED) is 0.521. The van der Waals surface area contributed by atoms with E-state index in [2.05, 4.69) is 17.6 Å². The van der Waals surface area contributed by atoms with Gasteiger partial charge in [0.1, 0.15) is 17.8 Å². The number of benzene rings is 1. The minimum Gasteiger partial charge on any atom is -0.497 e. The van der Waals surface area contributed by atoms with Crippen LogP contribution in [-0.4, -0.2) is 42.9 Å². The molecule has 26 heavy (non-hydrogen) atoms. The van der Waals surface area contributed by atoms with Gasteiger partial charge in [-0.2, -0.15) is 0 Å². The lowest BCUT2D eigenvalue weighted by Crippen LogP contribution is -2.43. The van der Waals surface area contributed by atoms with Crippen molar-refractivity contribution in [3.05, 3.63) is 29.8 Å². The van der Waals surface area contributed by atoms with Gasteiger partial charge in [-0.15, -0.1) is 0 Å². The number of carbonyl (C=O) groups excluding carboxylic acids is 3. The molecule has 7 heteroatoms. The van der Waals surface area contributed by atoms with E-state index < -0.39 is 17.5 Å². The molecule has 1 saturated heterocycles. The lowest BCUT2D eigenvalue weighted by molar-refractivity contribution is -0.134. The standard InChI is InChI=1S/C19H27N3O4/c1-4-5-6-7-12-20-16(23)13-22-17(24)19(2,21-18(22)25)14-8-10-15(26-3)11-9-14/h8-11H,4-7,12-13H2,1-3H3,(H,20,23)(H,21,25)/t19-/m0/s1. The summed E-state index contributed by atoms with van der Waals surface area (Å²) in [7, 11) is 1.56. The molecule has 1 aromatic carbocycles. The summed E-state index contributed by atoms with van der Waals surface area (Å²) in [5.41, 5.74) is -0.552. The molecule has 0 spiro atoms. The number of hydrogen-bond acceptors (Lipinski definition) is 4. The first-order valence-electron chi connectivity index (χ1n) is 8.97. The average Bonchev–Trinajstić information content (AvgIpc) is 2.85. The van der Waals surface area contributed by atoms with Crippen molar-refractivity contribution in [2.75, 3.05) is 20.2 Å². The Hall–Kier alpha value is -2.57. The Morgan fingerprint density at radius 3 is 2.50 bits per heavy atom. The van der Waals surface area contributed by atoms with Crippen molar-refractivity contribution in [2.45, 2.75) is 45.1 Å². The second-order valence-corrected chi connectivity index (χ2v) is 6.59. The summed E-state index contributed by atoms with van der Waals surface area (Å²) in [6.07, 6.45) is 4.20. The molecule has 1 heterocycles. The number of nitrogens with zero attached hydrogens (tertiary/aromatic N) is 1. The summed E-state index contributed by atoms with van der Waals surface area (Å²) in [4.78, 5) is 38.0. The fourth-order valence-electron chi connectivity index (χ4n) is 2.94. The van der Waals surface area contributed by atoms with Crippen LogP contribution >= 0.6 is 0 Å². The minimum atomic E-state index is -1.19. The summed E-state index contributed by atoms with van der Waals surface area (Å²) < 4.78 is 5.11. The lowest BCUT2D eigenvalue weighted by Gasteiger charge is -2.22. The van der Waals surface area contributed by atoms with Crippen molar-refractivity contribution in [3.8, 4) is 5.75 Å². The fourth-order valence-corrected chi connectivity index (χ4v) is 2.94. The molecule has 0 saturated carbocycles. The Bertz CT molecular complexity index is 659. The van der Waals surface area contributed by atoms with Crippen molar-refractivity contribution in [3.63, 3.8) is 0 Å². The van der Waals surface area contributed by atoms with E-state index in [1.165, 1.54) is 0 Å². The van der Waals surface area contributed by atoms with Gasteiger partial charge < -0.3 is 15.4 Å². The van der Waals surface area contributed by atoms with Crippen LogP contribution in [0.25, 0.3) is 0 Å². The zero-order chi connectivity index (χ0) is 19.2. The van der Waals surface area contributed by atoms with Gasteiger partial charge in [0.25, 0.3) is 5.91 Å². The zero-order valence-electron chi connectivity index (χ0n) is 15.6. The molecule has 0 radical (unpaired) electrons. The number of imide groups is 1. The molecule has 0 aromatic heterocycles. The van der Waals surface area contributed by atoms with Crippen LogP contribution in [0.1, 0.15) is 45.1 Å². The number of nitrogens with one attached hydrogen (secondary N) is 2. The lowest BCUT2D eigenvalue weighted by atomic mass is 9.92. The molecule has 1 aliphatic heterocycles. The Morgan fingerprint density at radius 2 is 1.88 bits per heavy atom. The number of urea groups is 1. The Labute approximate surface area is 154 Å². The topological polar surface area (TPSA) is 87.7 Å². The van der Waals surface area contributed by atoms with Gasteiger partial charge in [0, 0.05) is 6.54 Å². The molecule has 142 valence electrons. The number of unbranched alkanes of at least 4 members (excludes halogenated alkanes) is 3. The number of amides is 4. The highest BCUT2D eigenvalue weighted by atomic mass is 16.5. The maximum Gasteiger partial charge on any atom is 0.325 e. The van der Waals surface area contributed by atoms with E-state index in [1.54, 1.807) is 38.3 Å². The minimum absolute atomic E-state index is 0.274. The van der Waals surface area contributed by atoms with Crippen LogP contribution in [0.3, 0.4) is 0 Å². The van der Waals surface area contributed by atoms with Crippen molar-refractivity contribution in [1.29, 1.82) is 0 Å². The van der Waals surface area contributed by atoms with E-state index in [0.29, 0.717) is 17.9 Å². The van der Waals surface area contributed by atoms with E-state index in [4.69, 9.17) is 4.74 Å². The maximum absolute atomic E-state index is 12.8. The predicted molar refractivity (Wildman–Crippen MR) is 97.7 cm³/mol. The van der Waals surface area contributed by atoms with E-state index in [1.807, 2.05) is 0 Å². The Balaban J connectivity index is 1.97. The number of rotatable bonds is 9. The first kappa shape index (κ1) is 19.8. The normalized spacial score (nSPS) is 19.4. The summed E-state index contributed by atoms with van der Waals surface area (Å²) in [5.74, 6) is -0.105. The van der Waals surface area contributed by atoms with Gasteiger partial charge in [-0.05, 0) is 31.0 Å². The smallest absolute Gasteiger partial charge is 0.325 e. The number of carbonyl (C=O) groups is 3. The van der Waals surface area contributed by atoms with E-state index >= 15 is 0 Å². The number of ether oxygens (including phenoxy) is 1. The Morgan fingerprint density at radius 1 is 1.19 bits per heavy atom. The van der Waals surface area contributed by atoms with Gasteiger partial charge in [0.15, 0.2) is 0 Å². The van der Waals surface area contributed by atoms with Gasteiger partial charge >= 0.3 is 6.03 Å². The highest BCUT2D eigenvalue weighted by Crippen LogP contribution is 2.29. The van der Waals surface area contributed by atoms with Crippen molar-refractivity contribution >= 4 is 17.8 Å². The molecule has 0 unspecified atom stereocenters. The molecular formula is C19H27N3O4. The average molecular weight is 361 g/mol. The van der Waals surface area contributed by atoms with Crippen LogP contribution in [-0.2, 0) is 15.1 Å². The van der Waals surface area contributed by atoms with Crippen LogP contribution < -0.4 is 15.4 Å². The second kappa shape index (κ2) is 8.69. The van der Waals surface area contributed by atoms with Crippen molar-refractivity contribution < 1.29 is 19.1 Å². The third-order valence-electron chi connectivity index (χ3n) is 4.60.